The normalized spacial score (nSPS) is 12.6. The van der Waals surface area contributed by atoms with Crippen molar-refractivity contribution in [2.45, 2.75) is 35.8 Å². The second kappa shape index (κ2) is 5.52. The first-order chi connectivity index (χ1) is 8.13. The van der Waals surface area contributed by atoms with Gasteiger partial charge >= 0.3 is 0 Å². The molecule has 0 aliphatic heterocycles. The van der Waals surface area contributed by atoms with Gasteiger partial charge in [0.2, 0.25) is 0 Å². The van der Waals surface area contributed by atoms with E-state index in [1.807, 2.05) is 26.2 Å². The topological polar surface area (TPSA) is 77.6 Å². The fourth-order valence-electron chi connectivity index (χ4n) is 1.27. The van der Waals surface area contributed by atoms with Gasteiger partial charge in [-0.3, -0.25) is 0 Å². The van der Waals surface area contributed by atoms with Gasteiger partial charge in [-0.15, -0.1) is 0 Å². The number of nitrogens with two attached hydrogens (primary N) is 1. The predicted molar refractivity (Wildman–Crippen MR) is 68.2 cm³/mol. The molecule has 1 atom stereocenters. The van der Waals surface area contributed by atoms with Crippen LogP contribution in [0.3, 0.4) is 0 Å². The molecule has 2 rings (SSSR count). The van der Waals surface area contributed by atoms with Gasteiger partial charge in [0.1, 0.15) is 5.82 Å². The van der Waals surface area contributed by atoms with E-state index in [4.69, 9.17) is 5.73 Å². The van der Waals surface area contributed by atoms with Gasteiger partial charge in [-0.2, -0.15) is 4.37 Å². The highest BCUT2D eigenvalue weighted by atomic mass is 32.2. The third-order valence-electron chi connectivity index (χ3n) is 1.93. The minimum atomic E-state index is 0.128. The molecule has 0 radical (unpaired) electrons. The van der Waals surface area contributed by atoms with Crippen LogP contribution in [-0.2, 0) is 6.42 Å². The Morgan fingerprint density at radius 2 is 2.12 bits per heavy atom. The summed E-state index contributed by atoms with van der Waals surface area (Å²) in [6, 6.07) is 0.128. The van der Waals surface area contributed by atoms with E-state index in [0.717, 1.165) is 22.1 Å². The largest absolute Gasteiger partial charge is 0.328 e. The quantitative estimate of drug-likeness (QED) is 0.849. The fraction of sp³-hybridized carbons (Fsp3) is 0.400. The van der Waals surface area contributed by atoms with E-state index < -0.39 is 0 Å². The van der Waals surface area contributed by atoms with Gasteiger partial charge in [0.25, 0.3) is 0 Å². The van der Waals surface area contributed by atoms with E-state index in [-0.39, 0.29) is 6.04 Å². The lowest BCUT2D eigenvalue weighted by atomic mass is 10.1. The number of hydrogen-bond acceptors (Lipinski definition) is 7. The molecule has 0 spiro atoms. The van der Waals surface area contributed by atoms with Gasteiger partial charge in [-0.25, -0.2) is 15.0 Å². The number of aryl methyl sites for hydroxylation is 1. The summed E-state index contributed by atoms with van der Waals surface area (Å²) >= 11 is 2.79. The molecule has 7 heteroatoms. The molecule has 0 saturated carbocycles. The Morgan fingerprint density at radius 3 is 2.65 bits per heavy atom. The average molecular weight is 267 g/mol. The van der Waals surface area contributed by atoms with Gasteiger partial charge < -0.3 is 5.73 Å². The maximum Gasteiger partial charge on any atom is 0.194 e. The smallest absolute Gasteiger partial charge is 0.194 e. The first kappa shape index (κ1) is 12.4. The van der Waals surface area contributed by atoms with Crippen molar-refractivity contribution in [3.8, 4) is 0 Å². The minimum Gasteiger partial charge on any atom is -0.328 e. The van der Waals surface area contributed by atoms with Gasteiger partial charge in [0.05, 0.1) is 0 Å². The molecule has 17 heavy (non-hydrogen) atoms. The highest BCUT2D eigenvalue weighted by Crippen LogP contribution is 2.25. The number of hydrogen-bond donors (Lipinski definition) is 1. The van der Waals surface area contributed by atoms with Crippen molar-refractivity contribution in [2.75, 3.05) is 0 Å². The molecular formula is C10H13N5S2. The zero-order valence-electron chi connectivity index (χ0n) is 9.62. The lowest BCUT2D eigenvalue weighted by molar-refractivity contribution is 0.727. The Balaban J connectivity index is 2.03. The summed E-state index contributed by atoms with van der Waals surface area (Å²) in [6.45, 7) is 3.83. The highest BCUT2D eigenvalue weighted by Gasteiger charge is 2.06. The molecule has 90 valence electrons. The van der Waals surface area contributed by atoms with Crippen LogP contribution in [0.1, 0.15) is 18.3 Å². The molecule has 0 fully saturated rings. The molecule has 0 aliphatic carbocycles. The van der Waals surface area contributed by atoms with Crippen LogP contribution < -0.4 is 5.73 Å². The Kier molecular flexibility index (Phi) is 4.03. The summed E-state index contributed by atoms with van der Waals surface area (Å²) in [5, 5.41) is 0.689. The summed E-state index contributed by atoms with van der Waals surface area (Å²) in [5.74, 6) is 0.783. The molecule has 2 N–H and O–H groups in total. The summed E-state index contributed by atoms with van der Waals surface area (Å²) in [7, 11) is 0. The van der Waals surface area contributed by atoms with Crippen molar-refractivity contribution < 1.29 is 0 Å². The number of rotatable bonds is 4. The standard InChI is InChI=1S/C10H13N5S2/c1-6(11)3-8-4-12-9(13-5-8)16-10-14-7(2)15-17-10/h4-6H,3,11H2,1-2H3. The maximum atomic E-state index is 5.71. The third kappa shape index (κ3) is 3.72. The molecule has 2 heterocycles. The van der Waals surface area contributed by atoms with Crippen LogP contribution in [0.2, 0.25) is 0 Å². The van der Waals surface area contributed by atoms with Crippen LogP contribution in [-0.4, -0.2) is 25.4 Å². The van der Waals surface area contributed by atoms with Crippen molar-refractivity contribution in [1.82, 2.24) is 19.3 Å². The average Bonchev–Trinajstić information content (AvgIpc) is 2.66. The van der Waals surface area contributed by atoms with Crippen molar-refractivity contribution in [2.24, 2.45) is 5.73 Å². The van der Waals surface area contributed by atoms with Crippen molar-refractivity contribution >= 4 is 23.3 Å². The summed E-state index contributed by atoms with van der Waals surface area (Å²) < 4.78 is 4.97. The molecule has 0 bridgehead atoms. The Bertz CT molecular complexity index is 480. The summed E-state index contributed by atoms with van der Waals surface area (Å²) in [5.41, 5.74) is 6.76. The Morgan fingerprint density at radius 1 is 1.41 bits per heavy atom. The van der Waals surface area contributed by atoms with Crippen molar-refractivity contribution in [3.63, 3.8) is 0 Å². The van der Waals surface area contributed by atoms with E-state index in [1.54, 1.807) is 0 Å². The fourth-order valence-corrected chi connectivity index (χ4v) is 2.72. The van der Waals surface area contributed by atoms with E-state index in [0.29, 0.717) is 5.16 Å². The number of aromatic nitrogens is 4. The van der Waals surface area contributed by atoms with Crippen LogP contribution in [0.5, 0.6) is 0 Å². The van der Waals surface area contributed by atoms with Crippen molar-refractivity contribution in [3.05, 3.63) is 23.8 Å². The summed E-state index contributed by atoms with van der Waals surface area (Å²) in [4.78, 5) is 12.8. The van der Waals surface area contributed by atoms with E-state index >= 15 is 0 Å². The van der Waals surface area contributed by atoms with E-state index in [2.05, 4.69) is 19.3 Å². The van der Waals surface area contributed by atoms with Crippen LogP contribution >= 0.6 is 23.3 Å². The number of nitrogens with zero attached hydrogens (tertiary/aromatic N) is 4. The SMILES string of the molecule is Cc1nsc(Sc2ncc(CC(C)N)cn2)n1. The first-order valence-corrected chi connectivity index (χ1v) is 6.77. The van der Waals surface area contributed by atoms with Crippen LogP contribution in [0.25, 0.3) is 0 Å². The first-order valence-electron chi connectivity index (χ1n) is 5.18. The zero-order chi connectivity index (χ0) is 12.3. The van der Waals surface area contributed by atoms with E-state index in [9.17, 15) is 0 Å². The van der Waals surface area contributed by atoms with Gasteiger partial charge in [0, 0.05) is 18.4 Å². The van der Waals surface area contributed by atoms with Gasteiger partial charge in [-0.05, 0) is 49.1 Å². The Labute approximate surface area is 108 Å². The second-order valence-electron chi connectivity index (χ2n) is 3.76. The highest BCUT2D eigenvalue weighted by molar-refractivity contribution is 8.00. The maximum absolute atomic E-state index is 5.71. The molecule has 0 amide bonds. The minimum absolute atomic E-state index is 0.128. The van der Waals surface area contributed by atoms with Crippen LogP contribution in [0.15, 0.2) is 21.9 Å². The van der Waals surface area contributed by atoms with Crippen molar-refractivity contribution in [1.29, 1.82) is 0 Å². The Hall–Kier alpha value is -1.05. The van der Waals surface area contributed by atoms with Gasteiger partial charge in [0.15, 0.2) is 9.50 Å². The lowest BCUT2D eigenvalue weighted by Gasteiger charge is -2.04. The summed E-state index contributed by atoms with van der Waals surface area (Å²) in [6.07, 6.45) is 4.42. The second-order valence-corrected chi connectivity index (χ2v) is 5.73. The molecule has 5 nitrogen and oxygen atoms in total. The molecule has 0 aromatic carbocycles. The third-order valence-corrected chi connectivity index (χ3v) is 3.66. The molecule has 2 aromatic heterocycles. The monoisotopic (exact) mass is 267 g/mol. The lowest BCUT2D eigenvalue weighted by Crippen LogP contribution is -2.17. The van der Waals surface area contributed by atoms with Crippen LogP contribution in [0, 0.1) is 6.92 Å². The predicted octanol–water partition coefficient (Wildman–Crippen LogP) is 1.68. The molecule has 0 saturated heterocycles. The molecule has 2 aromatic rings. The molecular weight excluding hydrogens is 254 g/mol. The molecule has 1 unspecified atom stereocenters. The zero-order valence-corrected chi connectivity index (χ0v) is 11.3. The molecule has 0 aliphatic rings. The van der Waals surface area contributed by atoms with Gasteiger partial charge in [-0.1, -0.05) is 0 Å². The van der Waals surface area contributed by atoms with E-state index in [1.165, 1.54) is 23.3 Å². The van der Waals surface area contributed by atoms with Crippen LogP contribution in [0.4, 0.5) is 0 Å².